The van der Waals surface area contributed by atoms with Gasteiger partial charge in [0.25, 0.3) is 0 Å². The van der Waals surface area contributed by atoms with Gasteiger partial charge in [0.1, 0.15) is 73.2 Å². The predicted octanol–water partition coefficient (Wildman–Crippen LogP) is -7.57. The van der Waals surface area contributed by atoms with E-state index in [-0.39, 0.29) is 0 Å². The molecule has 0 aromatic rings. The Balaban J connectivity index is 1.65. The summed E-state index contributed by atoms with van der Waals surface area (Å²) in [7, 11) is 0. The van der Waals surface area contributed by atoms with Gasteiger partial charge in [-0.2, -0.15) is 0 Å². The fraction of sp³-hybridized carbons (Fsp3) is 1.00. The summed E-state index contributed by atoms with van der Waals surface area (Å²) in [5.41, 5.74) is 0. The maximum absolute atomic E-state index is 10.6. The number of aliphatic hydroxyl groups is 11. The van der Waals surface area contributed by atoms with E-state index in [2.05, 4.69) is 0 Å². The first-order valence-corrected chi connectivity index (χ1v) is 10.6. The lowest BCUT2D eigenvalue weighted by atomic mass is 9.97. The Morgan fingerprint density at radius 3 is 1.53 bits per heavy atom. The van der Waals surface area contributed by atoms with E-state index in [1.54, 1.807) is 0 Å². The van der Waals surface area contributed by atoms with Gasteiger partial charge in [-0.05, 0) is 0 Å². The van der Waals surface area contributed by atoms with Gasteiger partial charge in [-0.1, -0.05) is 0 Å². The van der Waals surface area contributed by atoms with Crippen LogP contribution in [0.5, 0.6) is 0 Å². The highest BCUT2D eigenvalue weighted by molar-refractivity contribution is 4.94. The molecular formula is C18H32O16. The van der Waals surface area contributed by atoms with E-state index in [9.17, 15) is 56.2 Å². The molecular weight excluding hydrogens is 472 g/mol. The predicted molar refractivity (Wildman–Crippen MR) is 101 cm³/mol. The van der Waals surface area contributed by atoms with Crippen molar-refractivity contribution in [2.45, 2.75) is 92.1 Å². The van der Waals surface area contributed by atoms with E-state index in [1.807, 2.05) is 0 Å². The molecule has 0 spiro atoms. The molecule has 34 heavy (non-hydrogen) atoms. The lowest BCUT2D eigenvalue weighted by molar-refractivity contribution is -0.361. The Morgan fingerprint density at radius 2 is 1.00 bits per heavy atom. The summed E-state index contributed by atoms with van der Waals surface area (Å²) >= 11 is 0. The molecule has 200 valence electrons. The standard InChI is InChI=1S/C18H32O16/c19-1-4-7(21)10(24)12(26)17(32-4)30-3-6-9(23)15(14(28)16(29)31-6)34-18-13(27)11(25)8(22)5(2-20)33-18/h4-29H,1-3H2/t4?,5?,6?,7-,8-,9-,10+,11+,12?,13?,14?,15+,16?,17+,18-/m1/s1. The number of aliphatic hydroxyl groups excluding tert-OH is 11. The summed E-state index contributed by atoms with van der Waals surface area (Å²) in [4.78, 5) is 0. The van der Waals surface area contributed by atoms with Gasteiger partial charge in [-0.15, -0.1) is 0 Å². The van der Waals surface area contributed by atoms with Crippen LogP contribution in [-0.4, -0.2) is 168 Å². The van der Waals surface area contributed by atoms with E-state index in [0.717, 1.165) is 0 Å². The molecule has 15 atom stereocenters. The van der Waals surface area contributed by atoms with Crippen LogP contribution in [0.15, 0.2) is 0 Å². The zero-order valence-corrected chi connectivity index (χ0v) is 17.7. The third-order valence-corrected chi connectivity index (χ3v) is 6.07. The van der Waals surface area contributed by atoms with E-state index in [1.165, 1.54) is 0 Å². The van der Waals surface area contributed by atoms with Crippen molar-refractivity contribution in [2.75, 3.05) is 19.8 Å². The molecule has 3 aliphatic heterocycles. The highest BCUT2D eigenvalue weighted by Gasteiger charge is 2.51. The Morgan fingerprint density at radius 1 is 0.500 bits per heavy atom. The van der Waals surface area contributed by atoms with Crippen LogP contribution in [0.2, 0.25) is 0 Å². The highest BCUT2D eigenvalue weighted by atomic mass is 16.7. The van der Waals surface area contributed by atoms with Gasteiger partial charge in [-0.3, -0.25) is 0 Å². The van der Waals surface area contributed by atoms with Crippen molar-refractivity contribution >= 4 is 0 Å². The molecule has 7 unspecified atom stereocenters. The van der Waals surface area contributed by atoms with Crippen LogP contribution in [0.1, 0.15) is 0 Å². The molecule has 0 radical (unpaired) electrons. The molecule has 3 heterocycles. The Labute approximate surface area is 192 Å². The average Bonchev–Trinajstić information content (AvgIpc) is 2.82. The minimum atomic E-state index is -1.93. The molecule has 11 N–H and O–H groups in total. The molecule has 3 rings (SSSR count). The molecule has 16 heteroatoms. The van der Waals surface area contributed by atoms with E-state index in [0.29, 0.717) is 0 Å². The summed E-state index contributed by atoms with van der Waals surface area (Å²) in [5.74, 6) is 0. The average molecular weight is 504 g/mol. The number of hydrogen-bond acceptors (Lipinski definition) is 16. The van der Waals surface area contributed by atoms with Gasteiger partial charge in [0.05, 0.1) is 19.8 Å². The van der Waals surface area contributed by atoms with Gasteiger partial charge in [0.2, 0.25) is 0 Å². The molecule has 0 bridgehead atoms. The topological polar surface area (TPSA) is 269 Å². The van der Waals surface area contributed by atoms with Crippen molar-refractivity contribution < 1.29 is 79.9 Å². The second-order valence-electron chi connectivity index (χ2n) is 8.37. The van der Waals surface area contributed by atoms with Crippen molar-refractivity contribution in [1.82, 2.24) is 0 Å². The van der Waals surface area contributed by atoms with Crippen molar-refractivity contribution in [1.29, 1.82) is 0 Å². The van der Waals surface area contributed by atoms with Crippen molar-refractivity contribution in [3.8, 4) is 0 Å². The summed E-state index contributed by atoms with van der Waals surface area (Å²) < 4.78 is 26.1. The SMILES string of the molecule is OCC1O[C@H](O[C@@H]2C(O)C(O)OC(CO[C@H]3OC(CO)[C@@H](O)[C@H](O)C3O)[C@H]2O)C(O)[C@@H](O)[C@@H]1O. The van der Waals surface area contributed by atoms with Crippen molar-refractivity contribution in [2.24, 2.45) is 0 Å². The highest BCUT2D eigenvalue weighted by Crippen LogP contribution is 2.29. The fourth-order valence-electron chi connectivity index (χ4n) is 3.94. The third-order valence-electron chi connectivity index (χ3n) is 6.07. The number of rotatable bonds is 7. The lowest BCUT2D eigenvalue weighted by Crippen LogP contribution is -2.65. The summed E-state index contributed by atoms with van der Waals surface area (Å²) in [6.07, 6.45) is -24.9. The maximum atomic E-state index is 10.6. The van der Waals surface area contributed by atoms with E-state index >= 15 is 0 Å². The minimum absolute atomic E-state index is 0.609. The first-order valence-electron chi connectivity index (χ1n) is 10.6. The largest absolute Gasteiger partial charge is 0.394 e. The first kappa shape index (κ1) is 27.9. The van der Waals surface area contributed by atoms with Gasteiger partial charge >= 0.3 is 0 Å². The van der Waals surface area contributed by atoms with Crippen LogP contribution in [0.4, 0.5) is 0 Å². The molecule has 0 amide bonds. The van der Waals surface area contributed by atoms with Crippen LogP contribution in [-0.2, 0) is 23.7 Å². The fourth-order valence-corrected chi connectivity index (χ4v) is 3.94. The molecule has 3 fully saturated rings. The van der Waals surface area contributed by atoms with Crippen LogP contribution in [0, 0.1) is 0 Å². The molecule has 3 aliphatic rings. The molecule has 0 saturated carbocycles. The third kappa shape index (κ3) is 5.52. The van der Waals surface area contributed by atoms with Crippen molar-refractivity contribution in [3.05, 3.63) is 0 Å². The van der Waals surface area contributed by atoms with Crippen molar-refractivity contribution in [3.63, 3.8) is 0 Å². The zero-order chi connectivity index (χ0) is 25.3. The van der Waals surface area contributed by atoms with Gasteiger partial charge in [0, 0.05) is 0 Å². The second-order valence-corrected chi connectivity index (χ2v) is 8.37. The quantitative estimate of drug-likeness (QED) is 0.154. The molecule has 16 nitrogen and oxygen atoms in total. The Hall–Kier alpha value is -0.640. The maximum Gasteiger partial charge on any atom is 0.187 e. The number of hydrogen-bond donors (Lipinski definition) is 11. The zero-order valence-electron chi connectivity index (χ0n) is 17.7. The second kappa shape index (κ2) is 11.6. The van der Waals surface area contributed by atoms with Gasteiger partial charge in [-0.25, -0.2) is 0 Å². The van der Waals surface area contributed by atoms with E-state index < -0.39 is 112 Å². The molecule has 0 aliphatic carbocycles. The Kier molecular flexibility index (Phi) is 9.54. The minimum Gasteiger partial charge on any atom is -0.394 e. The number of ether oxygens (including phenoxy) is 5. The summed E-state index contributed by atoms with van der Waals surface area (Å²) in [5, 5.41) is 109. The summed E-state index contributed by atoms with van der Waals surface area (Å²) in [6, 6.07) is 0. The van der Waals surface area contributed by atoms with Crippen LogP contribution < -0.4 is 0 Å². The monoisotopic (exact) mass is 504 g/mol. The Bertz CT molecular complexity index is 637. The van der Waals surface area contributed by atoms with E-state index in [4.69, 9.17) is 23.7 Å². The summed E-state index contributed by atoms with van der Waals surface area (Å²) in [6.45, 7) is -2.06. The lowest BCUT2D eigenvalue weighted by Gasteiger charge is -2.45. The first-order chi connectivity index (χ1) is 16.0. The van der Waals surface area contributed by atoms with Gasteiger partial charge in [0.15, 0.2) is 18.9 Å². The van der Waals surface area contributed by atoms with Crippen LogP contribution in [0.25, 0.3) is 0 Å². The normalized spacial score (nSPS) is 52.5. The van der Waals surface area contributed by atoms with Gasteiger partial charge < -0.3 is 79.9 Å². The molecule has 0 aromatic heterocycles. The van der Waals surface area contributed by atoms with Crippen LogP contribution in [0.3, 0.4) is 0 Å². The molecule has 3 saturated heterocycles. The smallest absolute Gasteiger partial charge is 0.187 e. The molecule has 0 aromatic carbocycles. The van der Waals surface area contributed by atoms with Crippen LogP contribution >= 0.6 is 0 Å².